The van der Waals surface area contributed by atoms with E-state index in [1.54, 1.807) is 50.2 Å². The summed E-state index contributed by atoms with van der Waals surface area (Å²) >= 11 is 6.10. The van der Waals surface area contributed by atoms with Crippen LogP contribution in [0.1, 0.15) is 32.3 Å². The Hall–Kier alpha value is -1.98. The van der Waals surface area contributed by atoms with Gasteiger partial charge in [-0.2, -0.15) is 4.31 Å². The maximum Gasteiger partial charge on any atom is 0.243 e. The van der Waals surface area contributed by atoms with Crippen LogP contribution in [0.25, 0.3) is 0 Å². The number of carbonyl (C=O) groups excluding carboxylic acids is 1. The summed E-state index contributed by atoms with van der Waals surface area (Å²) < 4.78 is 53.6. The average molecular weight is 528 g/mol. The van der Waals surface area contributed by atoms with Crippen molar-refractivity contribution in [2.75, 3.05) is 31.5 Å². The molecule has 0 spiro atoms. The SMILES string of the molecule is CCN(CC)S(=O)(=O)c1ccc(NC(=O)C2CCN(S(=O)(=O)Cc3ccccc3Cl)CC2)cc1. The summed E-state index contributed by atoms with van der Waals surface area (Å²) in [6.45, 7) is 4.83. The van der Waals surface area contributed by atoms with Crippen LogP contribution in [0.5, 0.6) is 0 Å². The molecular weight excluding hydrogens is 498 g/mol. The Balaban J connectivity index is 1.57. The molecule has 1 amide bonds. The third-order valence-electron chi connectivity index (χ3n) is 5.98. The summed E-state index contributed by atoms with van der Waals surface area (Å²) in [5.41, 5.74) is 1.05. The molecule has 0 atom stereocenters. The molecule has 1 aliphatic heterocycles. The van der Waals surface area contributed by atoms with E-state index in [0.717, 1.165) is 0 Å². The highest BCUT2D eigenvalue weighted by atomic mass is 35.5. The minimum atomic E-state index is -3.56. The van der Waals surface area contributed by atoms with E-state index >= 15 is 0 Å². The first-order valence-electron chi connectivity index (χ1n) is 11.2. The zero-order valence-electron chi connectivity index (χ0n) is 19.3. The minimum Gasteiger partial charge on any atom is -0.326 e. The van der Waals surface area contributed by atoms with E-state index < -0.39 is 20.0 Å². The zero-order valence-corrected chi connectivity index (χ0v) is 21.7. The van der Waals surface area contributed by atoms with E-state index in [0.29, 0.717) is 42.2 Å². The van der Waals surface area contributed by atoms with Gasteiger partial charge in [-0.1, -0.05) is 43.6 Å². The fourth-order valence-corrected chi connectivity index (χ4v) is 7.30. The second kappa shape index (κ2) is 11.2. The average Bonchev–Trinajstić information content (AvgIpc) is 2.81. The Morgan fingerprint density at radius 2 is 1.59 bits per heavy atom. The lowest BCUT2D eigenvalue weighted by atomic mass is 9.97. The monoisotopic (exact) mass is 527 g/mol. The molecule has 0 aromatic heterocycles. The van der Waals surface area contributed by atoms with Crippen LogP contribution in [0.4, 0.5) is 5.69 Å². The Morgan fingerprint density at radius 1 is 1.00 bits per heavy atom. The molecule has 0 bridgehead atoms. The molecule has 2 aromatic carbocycles. The molecule has 0 radical (unpaired) electrons. The summed E-state index contributed by atoms with van der Waals surface area (Å²) in [7, 11) is -7.10. The highest BCUT2D eigenvalue weighted by Gasteiger charge is 2.31. The smallest absolute Gasteiger partial charge is 0.243 e. The van der Waals surface area contributed by atoms with E-state index in [1.807, 2.05) is 0 Å². The third-order valence-corrected chi connectivity index (χ3v) is 10.2. The van der Waals surface area contributed by atoms with Crippen LogP contribution in [0.2, 0.25) is 5.02 Å². The first-order valence-corrected chi connectivity index (χ1v) is 14.6. The van der Waals surface area contributed by atoms with Gasteiger partial charge in [-0.15, -0.1) is 0 Å². The topological polar surface area (TPSA) is 104 Å². The number of halogens is 1. The Bertz CT molecular complexity index is 1210. The van der Waals surface area contributed by atoms with Gasteiger partial charge in [0.15, 0.2) is 0 Å². The van der Waals surface area contributed by atoms with Crippen molar-refractivity contribution in [3.63, 3.8) is 0 Å². The fraction of sp³-hybridized carbons (Fsp3) is 0.435. The van der Waals surface area contributed by atoms with Crippen LogP contribution >= 0.6 is 11.6 Å². The molecule has 186 valence electrons. The Morgan fingerprint density at radius 3 is 2.15 bits per heavy atom. The molecule has 1 heterocycles. The van der Waals surface area contributed by atoms with Crippen molar-refractivity contribution < 1.29 is 21.6 Å². The van der Waals surface area contributed by atoms with E-state index in [2.05, 4.69) is 5.32 Å². The largest absolute Gasteiger partial charge is 0.326 e. The summed E-state index contributed by atoms with van der Waals surface area (Å²) in [4.78, 5) is 12.9. The number of sulfonamides is 2. The van der Waals surface area contributed by atoms with Crippen LogP contribution < -0.4 is 5.32 Å². The molecule has 0 saturated carbocycles. The van der Waals surface area contributed by atoms with Gasteiger partial charge in [0.05, 0.1) is 10.6 Å². The number of anilines is 1. The Kier molecular flexibility index (Phi) is 8.75. The summed E-state index contributed by atoms with van der Waals surface area (Å²) in [6.07, 6.45) is 0.810. The van der Waals surface area contributed by atoms with Gasteiger partial charge in [0.25, 0.3) is 0 Å². The molecule has 1 saturated heterocycles. The van der Waals surface area contributed by atoms with Crippen molar-refractivity contribution >= 4 is 43.2 Å². The van der Waals surface area contributed by atoms with Crippen LogP contribution in [0.15, 0.2) is 53.4 Å². The van der Waals surface area contributed by atoms with Gasteiger partial charge in [-0.05, 0) is 48.7 Å². The van der Waals surface area contributed by atoms with Crippen molar-refractivity contribution in [1.82, 2.24) is 8.61 Å². The maximum absolute atomic E-state index is 12.8. The number of hydrogen-bond donors (Lipinski definition) is 1. The van der Waals surface area contributed by atoms with E-state index in [1.165, 1.54) is 20.7 Å². The van der Waals surface area contributed by atoms with Gasteiger partial charge in [0, 0.05) is 42.8 Å². The predicted octanol–water partition coefficient (Wildman–Crippen LogP) is 3.55. The summed E-state index contributed by atoms with van der Waals surface area (Å²) in [5, 5.41) is 3.23. The van der Waals surface area contributed by atoms with Crippen LogP contribution in [0.3, 0.4) is 0 Å². The highest BCUT2D eigenvalue weighted by molar-refractivity contribution is 7.89. The number of amides is 1. The van der Waals surface area contributed by atoms with E-state index in [4.69, 9.17) is 11.6 Å². The number of benzene rings is 2. The number of piperidine rings is 1. The van der Waals surface area contributed by atoms with Crippen LogP contribution in [0, 0.1) is 5.92 Å². The molecule has 1 N–H and O–H groups in total. The molecule has 11 heteroatoms. The predicted molar refractivity (Wildman–Crippen MR) is 134 cm³/mol. The second-order valence-corrected chi connectivity index (χ2v) is 12.4. The zero-order chi connectivity index (χ0) is 24.9. The van der Waals surface area contributed by atoms with Crippen molar-refractivity contribution in [2.45, 2.75) is 37.3 Å². The van der Waals surface area contributed by atoms with Gasteiger partial charge < -0.3 is 5.32 Å². The summed E-state index contributed by atoms with van der Waals surface area (Å²) in [5.74, 6) is -0.708. The highest BCUT2D eigenvalue weighted by Crippen LogP contribution is 2.25. The fourth-order valence-electron chi connectivity index (χ4n) is 3.97. The quantitative estimate of drug-likeness (QED) is 0.537. The molecule has 2 aromatic rings. The van der Waals surface area contributed by atoms with Crippen molar-refractivity contribution in [3.8, 4) is 0 Å². The maximum atomic E-state index is 12.8. The van der Waals surface area contributed by atoms with Gasteiger partial charge in [-0.3, -0.25) is 4.79 Å². The lowest BCUT2D eigenvalue weighted by Gasteiger charge is -2.30. The molecular formula is C23H30ClN3O5S2. The van der Waals surface area contributed by atoms with Crippen LogP contribution in [-0.2, 0) is 30.6 Å². The molecule has 1 fully saturated rings. The minimum absolute atomic E-state index is 0.172. The first kappa shape index (κ1) is 26.6. The van der Waals surface area contributed by atoms with E-state index in [9.17, 15) is 21.6 Å². The lowest BCUT2D eigenvalue weighted by molar-refractivity contribution is -0.120. The molecule has 3 rings (SSSR count). The molecule has 1 aliphatic rings. The standard InChI is InChI=1S/C23H30ClN3O5S2/c1-3-26(4-2)34(31,32)21-11-9-20(10-12-21)25-23(28)18-13-15-27(16-14-18)33(29,30)17-19-7-5-6-8-22(19)24/h5-12,18H,3-4,13-17H2,1-2H3,(H,25,28). The molecule has 34 heavy (non-hydrogen) atoms. The first-order chi connectivity index (χ1) is 16.1. The third kappa shape index (κ3) is 6.17. The molecule has 0 aliphatic carbocycles. The van der Waals surface area contributed by atoms with E-state index in [-0.39, 0.29) is 35.6 Å². The number of carbonyl (C=O) groups is 1. The number of nitrogens with zero attached hydrogens (tertiary/aromatic N) is 2. The lowest BCUT2D eigenvalue weighted by Crippen LogP contribution is -2.41. The number of nitrogens with one attached hydrogen (secondary N) is 1. The molecule has 0 unspecified atom stereocenters. The molecule has 8 nitrogen and oxygen atoms in total. The summed E-state index contributed by atoms with van der Waals surface area (Å²) in [6, 6.07) is 12.9. The second-order valence-electron chi connectivity index (χ2n) is 8.12. The van der Waals surface area contributed by atoms with Gasteiger partial charge in [-0.25, -0.2) is 21.1 Å². The Labute approximate surface area is 207 Å². The number of hydrogen-bond acceptors (Lipinski definition) is 5. The van der Waals surface area contributed by atoms with Crippen molar-refractivity contribution in [3.05, 3.63) is 59.1 Å². The van der Waals surface area contributed by atoms with Crippen LogP contribution in [-0.4, -0.2) is 57.5 Å². The van der Waals surface area contributed by atoms with Crippen molar-refractivity contribution in [2.24, 2.45) is 5.92 Å². The van der Waals surface area contributed by atoms with Crippen molar-refractivity contribution in [1.29, 1.82) is 0 Å². The van der Waals surface area contributed by atoms with Gasteiger partial charge >= 0.3 is 0 Å². The normalized spacial score (nSPS) is 16.0. The van der Waals surface area contributed by atoms with Gasteiger partial charge in [0.2, 0.25) is 26.0 Å². The number of rotatable bonds is 9. The van der Waals surface area contributed by atoms with Gasteiger partial charge in [0.1, 0.15) is 0 Å².